The molecule has 1 amide bonds. The molecule has 0 saturated heterocycles. The van der Waals surface area contributed by atoms with Gasteiger partial charge in [0, 0.05) is 23.8 Å². The van der Waals surface area contributed by atoms with Crippen LogP contribution < -0.4 is 5.32 Å². The molecule has 0 radical (unpaired) electrons. The lowest BCUT2D eigenvalue weighted by Gasteiger charge is -1.99. The van der Waals surface area contributed by atoms with Gasteiger partial charge < -0.3 is 9.84 Å². The highest BCUT2D eigenvalue weighted by atomic mass is 32.1. The quantitative estimate of drug-likeness (QED) is 0.746. The zero-order valence-electron chi connectivity index (χ0n) is 12.5. The van der Waals surface area contributed by atoms with E-state index in [2.05, 4.69) is 32.3 Å². The Balaban J connectivity index is 1.61. The number of thiazole rings is 1. The van der Waals surface area contributed by atoms with Crippen LogP contribution in [0.15, 0.2) is 34.4 Å². The van der Waals surface area contributed by atoms with Gasteiger partial charge in [-0.1, -0.05) is 18.5 Å². The second-order valence-corrected chi connectivity index (χ2v) is 5.69. The Morgan fingerprint density at radius 3 is 2.96 bits per heavy atom. The van der Waals surface area contributed by atoms with E-state index in [1.807, 2.05) is 6.07 Å². The van der Waals surface area contributed by atoms with Crippen LogP contribution >= 0.6 is 11.3 Å². The first-order valence-electron chi connectivity index (χ1n) is 7.22. The number of carbonyl (C=O) groups is 1. The maximum atomic E-state index is 12.1. The van der Waals surface area contributed by atoms with Gasteiger partial charge in [-0.3, -0.25) is 4.79 Å². The van der Waals surface area contributed by atoms with Crippen molar-refractivity contribution in [2.75, 3.05) is 0 Å². The molecule has 8 heteroatoms. The van der Waals surface area contributed by atoms with Crippen molar-refractivity contribution in [3.05, 3.63) is 47.1 Å². The highest BCUT2D eigenvalue weighted by Gasteiger charge is 2.14. The van der Waals surface area contributed by atoms with E-state index >= 15 is 0 Å². The minimum Gasteiger partial charge on any atom is -0.359 e. The lowest BCUT2D eigenvalue weighted by atomic mass is 10.2. The summed E-state index contributed by atoms with van der Waals surface area (Å²) in [6, 6.07) is 3.59. The molecule has 0 aliphatic heterocycles. The summed E-state index contributed by atoms with van der Waals surface area (Å²) < 4.78 is 5.18. The van der Waals surface area contributed by atoms with Gasteiger partial charge in [-0.2, -0.15) is 0 Å². The van der Waals surface area contributed by atoms with Crippen molar-refractivity contribution in [2.45, 2.75) is 26.3 Å². The molecule has 7 nitrogen and oxygen atoms in total. The number of nitrogens with one attached hydrogen (secondary N) is 1. The van der Waals surface area contributed by atoms with E-state index in [0.29, 0.717) is 22.3 Å². The second-order valence-electron chi connectivity index (χ2n) is 4.83. The largest absolute Gasteiger partial charge is 0.359 e. The molecule has 1 N–H and O–H groups in total. The monoisotopic (exact) mass is 329 g/mol. The lowest BCUT2D eigenvalue weighted by Crippen LogP contribution is -2.22. The summed E-state index contributed by atoms with van der Waals surface area (Å²) in [5, 5.41) is 9.01. The molecule has 3 rings (SSSR count). The standard InChI is InChI=1S/C15H15N5O2S/c1-2-4-10-7-11(22-20-10)8-18-14(21)12-9-23-15(19-12)13-16-5-3-6-17-13/h3,5-7,9H,2,4,8H2,1H3,(H,18,21). The number of rotatable bonds is 6. The topological polar surface area (TPSA) is 93.8 Å². The zero-order valence-corrected chi connectivity index (χ0v) is 13.3. The molecular formula is C15H15N5O2S. The first-order chi connectivity index (χ1) is 11.3. The van der Waals surface area contributed by atoms with Crippen LogP contribution in [-0.2, 0) is 13.0 Å². The number of nitrogens with zero attached hydrogens (tertiary/aromatic N) is 4. The van der Waals surface area contributed by atoms with Gasteiger partial charge in [-0.05, 0) is 12.5 Å². The Morgan fingerprint density at radius 2 is 2.17 bits per heavy atom. The van der Waals surface area contributed by atoms with Crippen LogP contribution in [0.4, 0.5) is 0 Å². The van der Waals surface area contributed by atoms with Crippen molar-refractivity contribution >= 4 is 17.2 Å². The number of carbonyl (C=O) groups excluding carboxylic acids is 1. The Morgan fingerprint density at radius 1 is 1.35 bits per heavy atom. The fraction of sp³-hybridized carbons (Fsp3) is 0.267. The van der Waals surface area contributed by atoms with Gasteiger partial charge in [0.05, 0.1) is 12.2 Å². The summed E-state index contributed by atoms with van der Waals surface area (Å²) in [6.07, 6.45) is 5.15. The highest BCUT2D eigenvalue weighted by molar-refractivity contribution is 7.13. The van der Waals surface area contributed by atoms with Crippen LogP contribution in [0.1, 0.15) is 35.3 Å². The Kier molecular flexibility index (Phi) is 4.72. The van der Waals surface area contributed by atoms with Crippen molar-refractivity contribution in [3.8, 4) is 10.8 Å². The van der Waals surface area contributed by atoms with Crippen LogP contribution in [0.3, 0.4) is 0 Å². The molecule has 0 atom stereocenters. The Labute approximate surface area is 136 Å². The van der Waals surface area contributed by atoms with Crippen molar-refractivity contribution in [1.29, 1.82) is 0 Å². The molecule has 0 saturated carbocycles. The first-order valence-corrected chi connectivity index (χ1v) is 8.10. The molecule has 0 unspecified atom stereocenters. The molecule has 3 aromatic heterocycles. The number of hydrogen-bond donors (Lipinski definition) is 1. The third-order valence-corrected chi connectivity index (χ3v) is 3.87. The van der Waals surface area contributed by atoms with Crippen LogP contribution in [0.5, 0.6) is 0 Å². The van der Waals surface area contributed by atoms with Crippen LogP contribution in [0.2, 0.25) is 0 Å². The third kappa shape index (κ3) is 3.78. The van der Waals surface area contributed by atoms with E-state index in [-0.39, 0.29) is 12.5 Å². The minimum atomic E-state index is -0.267. The van der Waals surface area contributed by atoms with Gasteiger partial charge in [0.2, 0.25) is 0 Å². The molecule has 0 aromatic carbocycles. The third-order valence-electron chi connectivity index (χ3n) is 3.03. The van der Waals surface area contributed by atoms with Crippen molar-refractivity contribution in [1.82, 2.24) is 25.4 Å². The second kappa shape index (κ2) is 7.10. The number of hydrogen-bond acceptors (Lipinski definition) is 7. The summed E-state index contributed by atoms with van der Waals surface area (Å²) in [5.41, 5.74) is 1.24. The molecule has 0 aliphatic rings. The minimum absolute atomic E-state index is 0.267. The Bertz CT molecular complexity index is 784. The maximum absolute atomic E-state index is 12.1. The molecule has 3 heterocycles. The van der Waals surface area contributed by atoms with Crippen LogP contribution in [-0.4, -0.2) is 26.0 Å². The van der Waals surface area contributed by atoms with Crippen molar-refractivity contribution in [2.24, 2.45) is 0 Å². The van der Waals surface area contributed by atoms with Gasteiger partial charge in [0.15, 0.2) is 16.6 Å². The van der Waals surface area contributed by atoms with Gasteiger partial charge >= 0.3 is 0 Å². The average molecular weight is 329 g/mol. The lowest BCUT2D eigenvalue weighted by molar-refractivity contribution is 0.0943. The van der Waals surface area contributed by atoms with Gasteiger partial charge in [0.25, 0.3) is 5.91 Å². The van der Waals surface area contributed by atoms with Crippen LogP contribution in [0.25, 0.3) is 10.8 Å². The van der Waals surface area contributed by atoms with Crippen molar-refractivity contribution < 1.29 is 9.32 Å². The average Bonchev–Trinajstić information content (AvgIpc) is 3.23. The summed E-state index contributed by atoms with van der Waals surface area (Å²) in [5.74, 6) is 0.872. The molecule has 0 spiro atoms. The molecule has 23 heavy (non-hydrogen) atoms. The SMILES string of the molecule is CCCc1cc(CNC(=O)c2csc(-c3ncccn3)n2)on1. The predicted molar refractivity (Wildman–Crippen MR) is 84.8 cm³/mol. The van der Waals surface area contributed by atoms with Crippen LogP contribution in [0, 0.1) is 0 Å². The van der Waals surface area contributed by atoms with E-state index in [1.54, 1.807) is 23.8 Å². The summed E-state index contributed by atoms with van der Waals surface area (Å²) >= 11 is 1.33. The highest BCUT2D eigenvalue weighted by Crippen LogP contribution is 2.19. The van der Waals surface area contributed by atoms with E-state index in [1.165, 1.54) is 11.3 Å². The fourth-order valence-corrected chi connectivity index (χ4v) is 2.71. The summed E-state index contributed by atoms with van der Waals surface area (Å²) in [6.45, 7) is 2.36. The molecule has 0 aliphatic carbocycles. The summed E-state index contributed by atoms with van der Waals surface area (Å²) in [7, 11) is 0. The summed E-state index contributed by atoms with van der Waals surface area (Å²) in [4.78, 5) is 24.6. The van der Waals surface area contributed by atoms with Crippen molar-refractivity contribution in [3.63, 3.8) is 0 Å². The molecular weight excluding hydrogens is 314 g/mol. The molecule has 0 bridgehead atoms. The molecule has 0 fully saturated rings. The van der Waals surface area contributed by atoms with Gasteiger partial charge in [-0.25, -0.2) is 15.0 Å². The van der Waals surface area contributed by atoms with E-state index in [4.69, 9.17) is 4.52 Å². The number of amides is 1. The first kappa shape index (κ1) is 15.3. The Hall–Kier alpha value is -2.61. The maximum Gasteiger partial charge on any atom is 0.271 e. The normalized spacial score (nSPS) is 10.7. The smallest absolute Gasteiger partial charge is 0.271 e. The van der Waals surface area contributed by atoms with Gasteiger partial charge in [-0.15, -0.1) is 11.3 Å². The van der Waals surface area contributed by atoms with Gasteiger partial charge in [0.1, 0.15) is 5.69 Å². The molecule has 3 aromatic rings. The van der Waals surface area contributed by atoms with E-state index < -0.39 is 0 Å². The van der Waals surface area contributed by atoms with E-state index in [9.17, 15) is 4.79 Å². The zero-order chi connectivity index (χ0) is 16.1. The molecule has 118 valence electrons. The predicted octanol–water partition coefficient (Wildman–Crippen LogP) is 2.47. The fourth-order valence-electron chi connectivity index (χ4n) is 1.96. The number of aromatic nitrogens is 4. The van der Waals surface area contributed by atoms with E-state index in [0.717, 1.165) is 18.5 Å². The number of aryl methyl sites for hydroxylation is 1.